The van der Waals surface area contributed by atoms with Crippen LogP contribution in [0, 0.1) is 13.8 Å². The summed E-state index contributed by atoms with van der Waals surface area (Å²) in [5.41, 5.74) is 2.93. The third kappa shape index (κ3) is 3.88. The van der Waals surface area contributed by atoms with E-state index in [1.165, 1.54) is 18.0 Å². The third-order valence-electron chi connectivity index (χ3n) is 2.74. The number of carbonyl (C=O) groups is 2. The number of aromatic nitrogens is 3. The molecule has 0 spiro atoms. The molecule has 0 atom stereocenters. The Hall–Kier alpha value is -2.70. The SMILES string of the molecule is COC(=O)c1cn(CC(=O)Nc2cc(C)cc(C)c2)nn1. The van der Waals surface area contributed by atoms with Crippen LogP contribution in [0.1, 0.15) is 21.6 Å². The lowest BCUT2D eigenvalue weighted by atomic mass is 10.1. The summed E-state index contributed by atoms with van der Waals surface area (Å²) in [6.45, 7) is 3.89. The monoisotopic (exact) mass is 288 g/mol. The van der Waals surface area contributed by atoms with E-state index in [1.54, 1.807) is 0 Å². The molecule has 0 unspecified atom stereocenters. The van der Waals surface area contributed by atoms with Crippen LogP contribution in [0.3, 0.4) is 0 Å². The summed E-state index contributed by atoms with van der Waals surface area (Å²) in [4.78, 5) is 23.2. The molecule has 21 heavy (non-hydrogen) atoms. The van der Waals surface area contributed by atoms with Gasteiger partial charge in [0.05, 0.1) is 13.3 Å². The van der Waals surface area contributed by atoms with E-state index in [4.69, 9.17) is 0 Å². The van der Waals surface area contributed by atoms with Crippen LogP contribution < -0.4 is 5.32 Å². The standard InChI is InChI=1S/C14H16N4O3/c1-9-4-10(2)6-11(5-9)15-13(19)8-18-7-12(16-17-18)14(20)21-3/h4-7H,8H2,1-3H3,(H,15,19). The second-order valence-electron chi connectivity index (χ2n) is 4.72. The van der Waals surface area contributed by atoms with Crippen LogP contribution in [0.4, 0.5) is 5.69 Å². The topological polar surface area (TPSA) is 86.1 Å². The molecule has 7 nitrogen and oxygen atoms in total. The Bertz CT molecular complexity index is 658. The van der Waals surface area contributed by atoms with E-state index in [0.29, 0.717) is 0 Å². The smallest absolute Gasteiger partial charge is 0.360 e. The highest BCUT2D eigenvalue weighted by Crippen LogP contribution is 2.13. The number of hydrogen-bond donors (Lipinski definition) is 1. The van der Waals surface area contributed by atoms with Crippen LogP contribution in [0.25, 0.3) is 0 Å². The minimum atomic E-state index is -0.587. The Morgan fingerprint density at radius 2 is 1.90 bits per heavy atom. The Morgan fingerprint density at radius 1 is 1.24 bits per heavy atom. The first-order valence-electron chi connectivity index (χ1n) is 6.34. The van der Waals surface area contributed by atoms with E-state index in [9.17, 15) is 9.59 Å². The van der Waals surface area contributed by atoms with Crippen molar-refractivity contribution in [3.8, 4) is 0 Å². The van der Waals surface area contributed by atoms with E-state index in [0.717, 1.165) is 16.8 Å². The zero-order valence-corrected chi connectivity index (χ0v) is 12.1. The summed E-state index contributed by atoms with van der Waals surface area (Å²) < 4.78 is 5.80. The molecule has 7 heteroatoms. The molecule has 0 aliphatic heterocycles. The number of rotatable bonds is 4. The molecule has 0 radical (unpaired) electrons. The minimum Gasteiger partial charge on any atom is -0.464 e. The van der Waals surface area contributed by atoms with Crippen molar-refractivity contribution < 1.29 is 14.3 Å². The van der Waals surface area contributed by atoms with Crippen molar-refractivity contribution >= 4 is 17.6 Å². The minimum absolute atomic E-state index is 0.0308. The number of benzene rings is 1. The Kier molecular flexibility index (Phi) is 4.32. The normalized spacial score (nSPS) is 10.2. The molecular weight excluding hydrogens is 272 g/mol. The molecule has 1 heterocycles. The fourth-order valence-electron chi connectivity index (χ4n) is 1.97. The molecule has 110 valence electrons. The van der Waals surface area contributed by atoms with Gasteiger partial charge in [0, 0.05) is 5.69 Å². The van der Waals surface area contributed by atoms with E-state index >= 15 is 0 Å². The van der Waals surface area contributed by atoms with E-state index in [2.05, 4.69) is 20.4 Å². The molecule has 0 aliphatic carbocycles. The van der Waals surface area contributed by atoms with Gasteiger partial charge in [-0.3, -0.25) is 4.79 Å². The van der Waals surface area contributed by atoms with Crippen molar-refractivity contribution in [3.05, 3.63) is 41.2 Å². The van der Waals surface area contributed by atoms with Crippen molar-refractivity contribution in [2.45, 2.75) is 20.4 Å². The van der Waals surface area contributed by atoms with Gasteiger partial charge in [0.1, 0.15) is 6.54 Å². The number of ether oxygens (including phenoxy) is 1. The zero-order valence-electron chi connectivity index (χ0n) is 12.1. The summed E-state index contributed by atoms with van der Waals surface area (Å²) in [6, 6.07) is 5.79. The lowest BCUT2D eigenvalue weighted by Gasteiger charge is -2.07. The number of hydrogen-bond acceptors (Lipinski definition) is 5. The molecule has 1 N–H and O–H groups in total. The molecule has 2 rings (SSSR count). The number of methoxy groups -OCH3 is 1. The van der Waals surface area contributed by atoms with Crippen molar-refractivity contribution in [2.75, 3.05) is 12.4 Å². The van der Waals surface area contributed by atoms with E-state index in [-0.39, 0.29) is 18.1 Å². The number of carbonyl (C=O) groups excluding carboxylic acids is 2. The largest absolute Gasteiger partial charge is 0.464 e. The highest BCUT2D eigenvalue weighted by Gasteiger charge is 2.12. The van der Waals surface area contributed by atoms with Gasteiger partial charge in [-0.25, -0.2) is 9.48 Å². The van der Waals surface area contributed by atoms with Crippen molar-refractivity contribution in [1.82, 2.24) is 15.0 Å². The maximum Gasteiger partial charge on any atom is 0.360 e. The number of nitrogens with one attached hydrogen (secondary N) is 1. The zero-order chi connectivity index (χ0) is 15.4. The summed E-state index contributed by atoms with van der Waals surface area (Å²) >= 11 is 0. The summed E-state index contributed by atoms with van der Waals surface area (Å²) in [5, 5.41) is 10.1. The molecule has 0 fully saturated rings. The molecular formula is C14H16N4O3. The number of nitrogens with zero attached hydrogens (tertiary/aromatic N) is 3. The van der Waals surface area contributed by atoms with Gasteiger partial charge < -0.3 is 10.1 Å². The van der Waals surface area contributed by atoms with Crippen molar-refractivity contribution in [1.29, 1.82) is 0 Å². The fraction of sp³-hybridized carbons (Fsp3) is 0.286. The first-order chi connectivity index (χ1) is 9.97. The van der Waals surface area contributed by atoms with Gasteiger partial charge in [0.2, 0.25) is 5.91 Å². The lowest BCUT2D eigenvalue weighted by molar-refractivity contribution is -0.116. The molecule has 2 aromatic rings. The van der Waals surface area contributed by atoms with Gasteiger partial charge in [-0.15, -0.1) is 5.10 Å². The second-order valence-corrected chi connectivity index (χ2v) is 4.72. The third-order valence-corrected chi connectivity index (χ3v) is 2.74. The first kappa shape index (κ1) is 14.7. The first-order valence-corrected chi connectivity index (χ1v) is 6.34. The van der Waals surface area contributed by atoms with Crippen molar-refractivity contribution in [3.63, 3.8) is 0 Å². The highest BCUT2D eigenvalue weighted by atomic mass is 16.5. The molecule has 1 aromatic carbocycles. The Labute approximate surface area is 121 Å². The van der Waals surface area contributed by atoms with Crippen LogP contribution in [0.2, 0.25) is 0 Å². The quantitative estimate of drug-likeness (QED) is 0.857. The predicted molar refractivity (Wildman–Crippen MR) is 75.9 cm³/mol. The molecule has 1 amide bonds. The van der Waals surface area contributed by atoms with Gasteiger partial charge in [-0.05, 0) is 37.1 Å². The number of amides is 1. The second kappa shape index (κ2) is 6.17. The maximum absolute atomic E-state index is 11.9. The summed E-state index contributed by atoms with van der Waals surface area (Å²) in [5.74, 6) is -0.836. The average Bonchev–Trinajstić information content (AvgIpc) is 2.84. The fourth-order valence-corrected chi connectivity index (χ4v) is 1.97. The lowest BCUT2D eigenvalue weighted by Crippen LogP contribution is -2.19. The molecule has 1 aromatic heterocycles. The van der Waals surface area contributed by atoms with Gasteiger partial charge in [-0.2, -0.15) is 0 Å². The van der Waals surface area contributed by atoms with Crippen LogP contribution in [-0.2, 0) is 16.1 Å². The maximum atomic E-state index is 11.9. The van der Waals surface area contributed by atoms with Crippen LogP contribution in [0.15, 0.2) is 24.4 Å². The van der Waals surface area contributed by atoms with Gasteiger partial charge in [0.25, 0.3) is 0 Å². The van der Waals surface area contributed by atoms with Crippen LogP contribution in [0.5, 0.6) is 0 Å². The Balaban J connectivity index is 2.01. The number of aryl methyl sites for hydroxylation is 2. The highest BCUT2D eigenvalue weighted by molar-refractivity contribution is 5.91. The molecule has 0 saturated carbocycles. The number of esters is 1. The summed E-state index contributed by atoms with van der Waals surface area (Å²) in [6.07, 6.45) is 1.37. The molecule has 0 bridgehead atoms. The molecule has 0 aliphatic rings. The van der Waals surface area contributed by atoms with Crippen LogP contribution in [-0.4, -0.2) is 34.0 Å². The Morgan fingerprint density at radius 3 is 2.52 bits per heavy atom. The van der Waals surface area contributed by atoms with E-state index in [1.807, 2.05) is 32.0 Å². The van der Waals surface area contributed by atoms with Crippen LogP contribution >= 0.6 is 0 Å². The van der Waals surface area contributed by atoms with Gasteiger partial charge in [0.15, 0.2) is 5.69 Å². The average molecular weight is 288 g/mol. The predicted octanol–water partition coefficient (Wildman–Crippen LogP) is 1.32. The van der Waals surface area contributed by atoms with Gasteiger partial charge >= 0.3 is 5.97 Å². The van der Waals surface area contributed by atoms with E-state index < -0.39 is 5.97 Å². The number of anilines is 1. The van der Waals surface area contributed by atoms with Crippen molar-refractivity contribution in [2.24, 2.45) is 0 Å². The van der Waals surface area contributed by atoms with Gasteiger partial charge in [-0.1, -0.05) is 11.3 Å². The molecule has 0 saturated heterocycles. The summed E-state index contributed by atoms with van der Waals surface area (Å²) in [7, 11) is 1.26.